The predicted molar refractivity (Wildman–Crippen MR) is 70.8 cm³/mol. The van der Waals surface area contributed by atoms with Crippen LogP contribution in [0.2, 0.25) is 0 Å². The van der Waals surface area contributed by atoms with Gasteiger partial charge in [0.15, 0.2) is 0 Å². The molecule has 1 unspecified atom stereocenters. The maximum Gasteiger partial charge on any atom is 0.251 e. The summed E-state index contributed by atoms with van der Waals surface area (Å²) in [6, 6.07) is 7.05. The minimum absolute atomic E-state index is 0.0443. The van der Waals surface area contributed by atoms with Gasteiger partial charge in [0.05, 0.1) is 6.10 Å². The third-order valence-corrected chi connectivity index (χ3v) is 2.41. The summed E-state index contributed by atoms with van der Waals surface area (Å²) in [5.41, 5.74) is 0.568. The molecule has 100 valence electrons. The lowest BCUT2D eigenvalue weighted by Crippen LogP contribution is -2.33. The Hall–Kier alpha value is -1.55. The van der Waals surface area contributed by atoms with E-state index < -0.39 is 0 Å². The second-order valence-corrected chi connectivity index (χ2v) is 4.58. The zero-order valence-corrected chi connectivity index (χ0v) is 11.1. The molecule has 4 nitrogen and oxygen atoms in total. The number of rotatable bonds is 6. The van der Waals surface area contributed by atoms with E-state index in [2.05, 4.69) is 5.32 Å². The van der Waals surface area contributed by atoms with E-state index in [1.807, 2.05) is 26.8 Å². The molecule has 0 aliphatic carbocycles. The van der Waals surface area contributed by atoms with Crippen LogP contribution < -0.4 is 10.1 Å². The highest BCUT2D eigenvalue weighted by molar-refractivity contribution is 5.94. The number of aliphatic hydroxyl groups is 1. The molecule has 0 saturated heterocycles. The average Bonchev–Trinajstić information content (AvgIpc) is 2.28. The van der Waals surface area contributed by atoms with E-state index in [0.717, 1.165) is 0 Å². The lowest BCUT2D eigenvalue weighted by atomic mass is 10.1. The summed E-state index contributed by atoms with van der Waals surface area (Å²) in [5.74, 6) is 0.539. The number of carbonyl (C=O) groups is 1. The van der Waals surface area contributed by atoms with Crippen LogP contribution in [0.15, 0.2) is 24.3 Å². The van der Waals surface area contributed by atoms with Crippen LogP contribution >= 0.6 is 0 Å². The van der Waals surface area contributed by atoms with Crippen molar-refractivity contribution in [2.24, 2.45) is 0 Å². The third-order valence-electron chi connectivity index (χ3n) is 2.41. The number of aliphatic hydroxyl groups excluding tert-OH is 1. The monoisotopic (exact) mass is 251 g/mol. The number of benzene rings is 1. The molecule has 0 saturated carbocycles. The van der Waals surface area contributed by atoms with Crippen LogP contribution in [0.5, 0.6) is 5.75 Å². The van der Waals surface area contributed by atoms with Gasteiger partial charge in [-0.25, -0.2) is 0 Å². The van der Waals surface area contributed by atoms with Gasteiger partial charge in [-0.05, 0) is 45.4 Å². The highest BCUT2D eigenvalue weighted by atomic mass is 16.5. The SMILES string of the molecule is CC(CCO)NC(=O)c1cccc(OC(C)C)c1. The fourth-order valence-corrected chi connectivity index (χ4v) is 1.56. The minimum Gasteiger partial charge on any atom is -0.491 e. The molecule has 1 atom stereocenters. The molecule has 0 spiro atoms. The summed E-state index contributed by atoms with van der Waals surface area (Å²) in [6.07, 6.45) is 0.630. The molecule has 4 heteroatoms. The number of amides is 1. The first-order valence-electron chi connectivity index (χ1n) is 6.21. The van der Waals surface area contributed by atoms with Crippen molar-refractivity contribution in [3.8, 4) is 5.75 Å². The summed E-state index contributed by atoms with van der Waals surface area (Å²) in [4.78, 5) is 11.9. The molecule has 1 aromatic carbocycles. The molecule has 0 fully saturated rings. The summed E-state index contributed by atoms with van der Waals surface area (Å²) in [5, 5.41) is 11.6. The summed E-state index contributed by atoms with van der Waals surface area (Å²) in [7, 11) is 0. The molecule has 2 N–H and O–H groups in total. The Labute approximate surface area is 108 Å². The quantitative estimate of drug-likeness (QED) is 0.812. The zero-order chi connectivity index (χ0) is 13.5. The molecule has 1 aromatic rings. The Bertz CT molecular complexity index is 390. The smallest absolute Gasteiger partial charge is 0.251 e. The first kappa shape index (κ1) is 14.5. The van der Waals surface area contributed by atoms with Crippen molar-refractivity contribution in [1.82, 2.24) is 5.32 Å². The Kier molecular flexibility index (Phi) is 5.65. The fourth-order valence-electron chi connectivity index (χ4n) is 1.56. The Morgan fingerprint density at radius 1 is 1.39 bits per heavy atom. The van der Waals surface area contributed by atoms with Gasteiger partial charge in [-0.1, -0.05) is 6.07 Å². The van der Waals surface area contributed by atoms with Crippen LogP contribution in [-0.2, 0) is 0 Å². The average molecular weight is 251 g/mol. The number of ether oxygens (including phenoxy) is 1. The second-order valence-electron chi connectivity index (χ2n) is 4.58. The van der Waals surface area contributed by atoms with Gasteiger partial charge in [0, 0.05) is 18.2 Å². The first-order chi connectivity index (χ1) is 8.52. The molecular formula is C14H21NO3. The van der Waals surface area contributed by atoms with Crippen LogP contribution in [0.4, 0.5) is 0 Å². The Morgan fingerprint density at radius 3 is 2.72 bits per heavy atom. The largest absolute Gasteiger partial charge is 0.491 e. The van der Waals surface area contributed by atoms with Gasteiger partial charge in [-0.3, -0.25) is 4.79 Å². The highest BCUT2D eigenvalue weighted by Gasteiger charge is 2.10. The van der Waals surface area contributed by atoms with Crippen LogP contribution in [0.25, 0.3) is 0 Å². The van der Waals surface area contributed by atoms with E-state index in [-0.39, 0.29) is 24.7 Å². The van der Waals surface area contributed by atoms with Gasteiger partial charge >= 0.3 is 0 Å². The van der Waals surface area contributed by atoms with Gasteiger partial charge in [-0.2, -0.15) is 0 Å². The van der Waals surface area contributed by atoms with Gasteiger partial charge in [0.25, 0.3) is 5.91 Å². The highest BCUT2D eigenvalue weighted by Crippen LogP contribution is 2.15. The van der Waals surface area contributed by atoms with E-state index in [9.17, 15) is 4.79 Å². The molecule has 0 radical (unpaired) electrons. The standard InChI is InChI=1S/C14H21NO3/c1-10(2)18-13-6-4-5-12(9-13)14(17)15-11(3)7-8-16/h4-6,9-11,16H,7-8H2,1-3H3,(H,15,17). The molecule has 0 bridgehead atoms. The van der Waals surface area contributed by atoms with Crippen LogP contribution in [-0.4, -0.2) is 29.8 Å². The molecular weight excluding hydrogens is 230 g/mol. The summed E-state index contributed by atoms with van der Waals surface area (Å²) in [6.45, 7) is 5.81. The molecule has 1 rings (SSSR count). The number of carbonyl (C=O) groups excluding carboxylic acids is 1. The zero-order valence-electron chi connectivity index (χ0n) is 11.1. The van der Waals surface area contributed by atoms with Gasteiger partial charge < -0.3 is 15.2 Å². The number of hydrogen-bond acceptors (Lipinski definition) is 3. The van der Waals surface area contributed by atoms with Crippen molar-refractivity contribution in [1.29, 1.82) is 0 Å². The van der Waals surface area contributed by atoms with Crippen molar-refractivity contribution in [3.05, 3.63) is 29.8 Å². The molecule has 0 aromatic heterocycles. The minimum atomic E-state index is -0.148. The lowest BCUT2D eigenvalue weighted by Gasteiger charge is -2.14. The van der Waals surface area contributed by atoms with Crippen molar-refractivity contribution >= 4 is 5.91 Å². The van der Waals surface area contributed by atoms with Gasteiger partial charge in [0.2, 0.25) is 0 Å². The van der Waals surface area contributed by atoms with E-state index in [0.29, 0.717) is 17.7 Å². The van der Waals surface area contributed by atoms with E-state index in [4.69, 9.17) is 9.84 Å². The fraction of sp³-hybridized carbons (Fsp3) is 0.500. The van der Waals surface area contributed by atoms with Crippen molar-refractivity contribution in [2.75, 3.05) is 6.61 Å². The molecule has 18 heavy (non-hydrogen) atoms. The maximum atomic E-state index is 11.9. The summed E-state index contributed by atoms with van der Waals surface area (Å²) < 4.78 is 5.54. The van der Waals surface area contributed by atoms with Crippen molar-refractivity contribution < 1.29 is 14.6 Å². The van der Waals surface area contributed by atoms with Crippen LogP contribution in [0.1, 0.15) is 37.6 Å². The maximum absolute atomic E-state index is 11.9. The second kappa shape index (κ2) is 7.01. The Morgan fingerprint density at radius 2 is 2.11 bits per heavy atom. The van der Waals surface area contributed by atoms with Gasteiger partial charge in [-0.15, -0.1) is 0 Å². The van der Waals surface area contributed by atoms with Gasteiger partial charge in [0.1, 0.15) is 5.75 Å². The van der Waals surface area contributed by atoms with E-state index in [1.165, 1.54) is 0 Å². The summed E-state index contributed by atoms with van der Waals surface area (Å²) >= 11 is 0. The van der Waals surface area contributed by atoms with Crippen LogP contribution in [0, 0.1) is 0 Å². The Balaban J connectivity index is 2.68. The van der Waals surface area contributed by atoms with Crippen LogP contribution in [0.3, 0.4) is 0 Å². The van der Waals surface area contributed by atoms with Crippen molar-refractivity contribution in [3.63, 3.8) is 0 Å². The molecule has 0 heterocycles. The van der Waals surface area contributed by atoms with E-state index in [1.54, 1.807) is 18.2 Å². The van der Waals surface area contributed by atoms with Crippen molar-refractivity contribution in [2.45, 2.75) is 39.3 Å². The first-order valence-corrected chi connectivity index (χ1v) is 6.21. The molecule has 0 aliphatic rings. The molecule has 1 amide bonds. The number of nitrogens with one attached hydrogen (secondary N) is 1. The molecule has 0 aliphatic heterocycles. The third kappa shape index (κ3) is 4.75. The topological polar surface area (TPSA) is 58.6 Å². The number of hydrogen-bond donors (Lipinski definition) is 2. The predicted octanol–water partition coefficient (Wildman–Crippen LogP) is 1.97. The van der Waals surface area contributed by atoms with E-state index >= 15 is 0 Å². The normalized spacial score (nSPS) is 12.3. The lowest BCUT2D eigenvalue weighted by molar-refractivity contribution is 0.0933.